The second kappa shape index (κ2) is 7.61. The summed E-state index contributed by atoms with van der Waals surface area (Å²) < 4.78 is 0. The van der Waals surface area contributed by atoms with E-state index in [1.165, 1.54) is 5.56 Å². The normalized spacial score (nSPS) is 11.6. The molecule has 2 aromatic rings. The first kappa shape index (κ1) is 18.2. The van der Waals surface area contributed by atoms with Gasteiger partial charge in [-0.15, -0.1) is 0 Å². The predicted octanol–water partition coefficient (Wildman–Crippen LogP) is 4.82. The average molecular weight is 324 g/mol. The highest BCUT2D eigenvalue weighted by molar-refractivity contribution is 5.95. The van der Waals surface area contributed by atoms with Crippen LogP contribution in [-0.4, -0.2) is 17.4 Å². The average Bonchev–Trinajstić information content (AvgIpc) is 2.54. The van der Waals surface area contributed by atoms with Crippen LogP contribution in [-0.2, 0) is 5.41 Å². The summed E-state index contributed by atoms with van der Waals surface area (Å²) in [5.74, 6) is 0.521. The van der Waals surface area contributed by atoms with Crippen LogP contribution in [0.4, 0.5) is 0 Å². The molecule has 0 atom stereocenters. The SMILES string of the molecule is CC(C)CCNC(=O)c1cncc(-c2ccc(C(C)(C)C)cc2)c1. The van der Waals surface area contributed by atoms with Gasteiger partial charge in [0.2, 0.25) is 0 Å². The molecule has 0 fully saturated rings. The van der Waals surface area contributed by atoms with E-state index in [2.05, 4.69) is 69.2 Å². The zero-order valence-electron chi connectivity index (χ0n) is 15.4. The molecule has 24 heavy (non-hydrogen) atoms. The van der Waals surface area contributed by atoms with E-state index in [9.17, 15) is 4.79 Å². The zero-order valence-corrected chi connectivity index (χ0v) is 15.4. The molecule has 0 radical (unpaired) electrons. The first-order chi connectivity index (χ1) is 11.3. The van der Waals surface area contributed by atoms with Crippen LogP contribution in [0.25, 0.3) is 11.1 Å². The highest BCUT2D eigenvalue weighted by Crippen LogP contribution is 2.26. The molecule has 1 aromatic heterocycles. The van der Waals surface area contributed by atoms with Gasteiger partial charge in [-0.2, -0.15) is 0 Å². The second-order valence-electron chi connectivity index (χ2n) is 7.73. The molecule has 0 bridgehead atoms. The highest BCUT2D eigenvalue weighted by Gasteiger charge is 2.13. The number of hydrogen-bond donors (Lipinski definition) is 1. The molecule has 0 saturated carbocycles. The largest absolute Gasteiger partial charge is 0.352 e. The molecule has 0 spiro atoms. The Morgan fingerprint density at radius 1 is 1.08 bits per heavy atom. The van der Waals surface area contributed by atoms with Crippen molar-refractivity contribution in [3.05, 3.63) is 53.9 Å². The lowest BCUT2D eigenvalue weighted by molar-refractivity contribution is 0.0951. The van der Waals surface area contributed by atoms with Crippen LogP contribution in [0.2, 0.25) is 0 Å². The van der Waals surface area contributed by atoms with Gasteiger partial charge in [-0.1, -0.05) is 58.9 Å². The van der Waals surface area contributed by atoms with Crippen molar-refractivity contribution >= 4 is 5.91 Å². The summed E-state index contributed by atoms with van der Waals surface area (Å²) in [6, 6.07) is 10.4. The van der Waals surface area contributed by atoms with Crippen LogP contribution < -0.4 is 5.32 Å². The molecule has 128 valence electrons. The Hall–Kier alpha value is -2.16. The topological polar surface area (TPSA) is 42.0 Å². The zero-order chi connectivity index (χ0) is 17.7. The molecule has 0 aliphatic rings. The van der Waals surface area contributed by atoms with Gasteiger partial charge in [-0.05, 0) is 34.9 Å². The minimum Gasteiger partial charge on any atom is -0.352 e. The smallest absolute Gasteiger partial charge is 0.252 e. The monoisotopic (exact) mass is 324 g/mol. The number of nitrogens with one attached hydrogen (secondary N) is 1. The number of aromatic nitrogens is 1. The number of carbonyl (C=O) groups is 1. The Morgan fingerprint density at radius 2 is 1.75 bits per heavy atom. The van der Waals surface area contributed by atoms with Crippen molar-refractivity contribution in [2.75, 3.05) is 6.54 Å². The summed E-state index contributed by atoms with van der Waals surface area (Å²) in [4.78, 5) is 16.5. The van der Waals surface area contributed by atoms with Crippen molar-refractivity contribution in [1.29, 1.82) is 0 Å². The summed E-state index contributed by atoms with van der Waals surface area (Å²) in [5, 5.41) is 2.96. The number of nitrogens with zero attached hydrogens (tertiary/aromatic N) is 1. The van der Waals surface area contributed by atoms with Crippen molar-refractivity contribution < 1.29 is 4.79 Å². The first-order valence-corrected chi connectivity index (χ1v) is 8.61. The van der Waals surface area contributed by atoms with E-state index in [-0.39, 0.29) is 11.3 Å². The summed E-state index contributed by atoms with van der Waals surface area (Å²) in [5.41, 5.74) is 4.08. The Kier molecular flexibility index (Phi) is 5.76. The molecule has 3 heteroatoms. The Balaban J connectivity index is 2.14. The molecule has 2 rings (SSSR count). The van der Waals surface area contributed by atoms with Gasteiger partial charge in [-0.25, -0.2) is 0 Å². The van der Waals surface area contributed by atoms with Crippen LogP contribution in [0, 0.1) is 5.92 Å². The van der Waals surface area contributed by atoms with Gasteiger partial charge < -0.3 is 5.32 Å². The number of rotatable bonds is 5. The maximum atomic E-state index is 12.2. The van der Waals surface area contributed by atoms with E-state index in [0.29, 0.717) is 18.0 Å². The fraction of sp³-hybridized carbons (Fsp3) is 0.429. The molecule has 0 aliphatic carbocycles. The van der Waals surface area contributed by atoms with Gasteiger partial charge >= 0.3 is 0 Å². The summed E-state index contributed by atoms with van der Waals surface area (Å²) in [7, 11) is 0. The quantitative estimate of drug-likeness (QED) is 0.856. The van der Waals surface area contributed by atoms with Crippen molar-refractivity contribution in [2.24, 2.45) is 5.92 Å². The van der Waals surface area contributed by atoms with Crippen molar-refractivity contribution in [3.8, 4) is 11.1 Å². The van der Waals surface area contributed by atoms with E-state index in [1.54, 1.807) is 12.4 Å². The van der Waals surface area contributed by atoms with Crippen molar-refractivity contribution in [3.63, 3.8) is 0 Å². The summed E-state index contributed by atoms with van der Waals surface area (Å²) in [6.45, 7) is 11.6. The lowest BCUT2D eigenvalue weighted by atomic mass is 9.86. The van der Waals surface area contributed by atoms with E-state index >= 15 is 0 Å². The third kappa shape index (κ3) is 4.92. The van der Waals surface area contributed by atoms with E-state index in [4.69, 9.17) is 0 Å². The number of benzene rings is 1. The summed E-state index contributed by atoms with van der Waals surface area (Å²) in [6.07, 6.45) is 4.40. The Labute approximate surface area is 145 Å². The Bertz CT molecular complexity index is 682. The molecule has 1 amide bonds. The molecule has 3 nitrogen and oxygen atoms in total. The predicted molar refractivity (Wildman–Crippen MR) is 100 cm³/mol. The summed E-state index contributed by atoms with van der Waals surface area (Å²) >= 11 is 0. The molecule has 1 N–H and O–H groups in total. The lowest BCUT2D eigenvalue weighted by Gasteiger charge is -2.19. The molecular weight excluding hydrogens is 296 g/mol. The van der Waals surface area contributed by atoms with Gasteiger partial charge in [-0.3, -0.25) is 9.78 Å². The molecule has 1 aromatic carbocycles. The van der Waals surface area contributed by atoms with Crippen molar-refractivity contribution in [2.45, 2.75) is 46.5 Å². The number of carbonyl (C=O) groups excluding carboxylic acids is 1. The maximum absolute atomic E-state index is 12.2. The fourth-order valence-electron chi connectivity index (χ4n) is 2.46. The molecule has 1 heterocycles. The van der Waals surface area contributed by atoms with Crippen LogP contribution in [0.3, 0.4) is 0 Å². The van der Waals surface area contributed by atoms with E-state index in [1.807, 2.05) is 6.07 Å². The molecule has 0 saturated heterocycles. The van der Waals surface area contributed by atoms with E-state index < -0.39 is 0 Å². The van der Waals surface area contributed by atoms with E-state index in [0.717, 1.165) is 17.5 Å². The third-order valence-electron chi connectivity index (χ3n) is 4.09. The standard InChI is InChI=1S/C21H28N2O/c1-15(2)10-11-23-20(24)18-12-17(13-22-14-18)16-6-8-19(9-7-16)21(3,4)5/h6-9,12-15H,10-11H2,1-5H3,(H,23,24). The van der Waals surface area contributed by atoms with Gasteiger partial charge in [0.05, 0.1) is 5.56 Å². The van der Waals surface area contributed by atoms with Gasteiger partial charge in [0, 0.05) is 24.5 Å². The maximum Gasteiger partial charge on any atom is 0.252 e. The first-order valence-electron chi connectivity index (χ1n) is 8.61. The minimum absolute atomic E-state index is 0.0590. The van der Waals surface area contributed by atoms with Crippen molar-refractivity contribution in [1.82, 2.24) is 10.3 Å². The van der Waals surface area contributed by atoms with Crippen LogP contribution in [0.15, 0.2) is 42.7 Å². The van der Waals surface area contributed by atoms with Gasteiger partial charge in [0.1, 0.15) is 0 Å². The van der Waals surface area contributed by atoms with Gasteiger partial charge in [0.15, 0.2) is 0 Å². The van der Waals surface area contributed by atoms with Gasteiger partial charge in [0.25, 0.3) is 5.91 Å². The molecular formula is C21H28N2O. The molecule has 0 unspecified atom stereocenters. The lowest BCUT2D eigenvalue weighted by Crippen LogP contribution is -2.25. The van der Waals surface area contributed by atoms with Crippen LogP contribution in [0.5, 0.6) is 0 Å². The van der Waals surface area contributed by atoms with Crippen LogP contribution >= 0.6 is 0 Å². The fourth-order valence-corrected chi connectivity index (χ4v) is 2.46. The van der Waals surface area contributed by atoms with Crippen LogP contribution in [0.1, 0.15) is 57.0 Å². The number of amides is 1. The minimum atomic E-state index is -0.0590. The highest BCUT2D eigenvalue weighted by atomic mass is 16.1. The molecule has 0 aliphatic heterocycles. The Morgan fingerprint density at radius 3 is 2.33 bits per heavy atom. The number of hydrogen-bond acceptors (Lipinski definition) is 2. The number of pyridine rings is 1. The third-order valence-corrected chi connectivity index (χ3v) is 4.09. The second-order valence-corrected chi connectivity index (χ2v) is 7.73.